The molecule has 0 saturated carbocycles. The number of piperidine rings is 1. The molecule has 3 nitrogen and oxygen atoms in total. The van der Waals surface area contributed by atoms with Crippen molar-refractivity contribution in [3.63, 3.8) is 0 Å². The Morgan fingerprint density at radius 3 is 2.73 bits per heavy atom. The van der Waals surface area contributed by atoms with E-state index in [-0.39, 0.29) is 11.1 Å². The Morgan fingerprint density at radius 1 is 1.40 bits per heavy atom. The van der Waals surface area contributed by atoms with E-state index in [4.69, 9.17) is 11.6 Å². The van der Waals surface area contributed by atoms with Gasteiger partial charge in [0.2, 0.25) is 5.28 Å². The first-order valence-corrected chi connectivity index (χ1v) is 5.11. The van der Waals surface area contributed by atoms with E-state index >= 15 is 0 Å². The highest BCUT2D eigenvalue weighted by atomic mass is 35.5. The first-order valence-electron chi connectivity index (χ1n) is 4.74. The minimum Gasteiger partial charge on any atom is -0.354 e. The average Bonchev–Trinajstić information content (AvgIpc) is 2.23. The number of halogens is 3. The summed E-state index contributed by atoms with van der Waals surface area (Å²) >= 11 is 5.58. The smallest absolute Gasteiger partial charge is 0.224 e. The predicted molar refractivity (Wildman–Crippen MR) is 53.3 cm³/mol. The summed E-state index contributed by atoms with van der Waals surface area (Å²) < 4.78 is 26.2. The van der Waals surface area contributed by atoms with Crippen LogP contribution in [0.3, 0.4) is 0 Å². The van der Waals surface area contributed by atoms with Crippen LogP contribution in [0.25, 0.3) is 0 Å². The lowest BCUT2D eigenvalue weighted by Gasteiger charge is -2.29. The molecule has 0 unspecified atom stereocenters. The number of nitrogens with zero attached hydrogens (tertiary/aromatic N) is 3. The fourth-order valence-corrected chi connectivity index (χ4v) is 1.75. The number of anilines is 1. The van der Waals surface area contributed by atoms with Crippen molar-refractivity contribution in [1.82, 2.24) is 9.97 Å². The van der Waals surface area contributed by atoms with Crippen molar-refractivity contribution in [3.05, 3.63) is 17.3 Å². The summed E-state index contributed by atoms with van der Waals surface area (Å²) in [6.07, 6.45) is 1.05. The predicted octanol–water partition coefficient (Wildman–Crippen LogP) is 2.21. The second-order valence-corrected chi connectivity index (χ2v) is 3.81. The molecule has 6 heteroatoms. The third kappa shape index (κ3) is 2.34. The van der Waals surface area contributed by atoms with E-state index in [1.54, 1.807) is 4.90 Å². The molecule has 2 rings (SSSR count). The Labute approximate surface area is 91.1 Å². The highest BCUT2D eigenvalue weighted by Gasteiger charge is 2.22. The Morgan fingerprint density at radius 2 is 2.07 bits per heavy atom. The molecule has 1 fully saturated rings. The second-order valence-electron chi connectivity index (χ2n) is 3.47. The molecule has 0 aromatic carbocycles. The van der Waals surface area contributed by atoms with E-state index in [9.17, 15) is 8.78 Å². The maximum absolute atomic E-state index is 13.3. The molecule has 1 aliphatic rings. The van der Waals surface area contributed by atoms with Gasteiger partial charge in [0, 0.05) is 13.1 Å². The van der Waals surface area contributed by atoms with Crippen LogP contribution in [0.2, 0.25) is 5.28 Å². The van der Waals surface area contributed by atoms with Gasteiger partial charge in [-0.1, -0.05) is 0 Å². The van der Waals surface area contributed by atoms with Crippen molar-refractivity contribution in [3.8, 4) is 0 Å². The van der Waals surface area contributed by atoms with Gasteiger partial charge < -0.3 is 4.90 Å². The van der Waals surface area contributed by atoms with Gasteiger partial charge in [-0.2, -0.15) is 4.98 Å². The van der Waals surface area contributed by atoms with Gasteiger partial charge in [0.1, 0.15) is 6.17 Å². The number of alkyl halides is 1. The van der Waals surface area contributed by atoms with Gasteiger partial charge in [0.15, 0.2) is 11.6 Å². The van der Waals surface area contributed by atoms with Crippen LogP contribution in [0.1, 0.15) is 12.8 Å². The average molecular weight is 234 g/mol. The number of rotatable bonds is 1. The molecule has 0 atom stereocenters. The van der Waals surface area contributed by atoms with Crippen LogP contribution in [0.15, 0.2) is 6.20 Å². The van der Waals surface area contributed by atoms with Gasteiger partial charge >= 0.3 is 0 Å². The summed E-state index contributed by atoms with van der Waals surface area (Å²) in [6, 6.07) is 0. The first-order chi connectivity index (χ1) is 7.16. The summed E-state index contributed by atoms with van der Waals surface area (Å²) in [7, 11) is 0. The van der Waals surface area contributed by atoms with Crippen LogP contribution in [0.4, 0.5) is 14.6 Å². The lowest BCUT2D eigenvalue weighted by atomic mass is 10.1. The number of hydrogen-bond donors (Lipinski definition) is 0. The lowest BCUT2D eigenvalue weighted by molar-refractivity contribution is 0.276. The largest absolute Gasteiger partial charge is 0.354 e. The first kappa shape index (κ1) is 10.5. The molecule has 0 aliphatic carbocycles. The molecule has 1 saturated heterocycles. The van der Waals surface area contributed by atoms with Gasteiger partial charge in [0.05, 0.1) is 6.20 Å². The Hall–Kier alpha value is -0.970. The number of aromatic nitrogens is 2. The van der Waals surface area contributed by atoms with E-state index in [0.29, 0.717) is 25.9 Å². The van der Waals surface area contributed by atoms with Crippen LogP contribution < -0.4 is 4.90 Å². The topological polar surface area (TPSA) is 29.0 Å². The van der Waals surface area contributed by atoms with Crippen molar-refractivity contribution in [2.75, 3.05) is 18.0 Å². The van der Waals surface area contributed by atoms with Crippen molar-refractivity contribution < 1.29 is 8.78 Å². The standard InChI is InChI=1S/C9H10ClF2N3/c10-9-13-5-7(12)8(14-9)15-3-1-6(11)2-4-15/h5-6H,1-4H2. The van der Waals surface area contributed by atoms with Gasteiger partial charge in [-0.05, 0) is 24.4 Å². The van der Waals surface area contributed by atoms with Gasteiger partial charge in [0.25, 0.3) is 0 Å². The molecule has 2 heterocycles. The third-order valence-electron chi connectivity index (χ3n) is 2.42. The van der Waals surface area contributed by atoms with Crippen LogP contribution in [0, 0.1) is 5.82 Å². The monoisotopic (exact) mass is 233 g/mol. The van der Waals surface area contributed by atoms with Crippen LogP contribution >= 0.6 is 11.6 Å². The minimum absolute atomic E-state index is 0.00812. The number of hydrogen-bond acceptors (Lipinski definition) is 3. The Bertz CT molecular complexity index is 353. The van der Waals surface area contributed by atoms with Crippen LogP contribution in [-0.2, 0) is 0 Å². The van der Waals surface area contributed by atoms with E-state index in [2.05, 4.69) is 9.97 Å². The molecule has 0 bridgehead atoms. The molecule has 1 aromatic rings. The summed E-state index contributed by atoms with van der Waals surface area (Å²) in [5.41, 5.74) is 0. The lowest BCUT2D eigenvalue weighted by Crippen LogP contribution is -2.35. The zero-order chi connectivity index (χ0) is 10.8. The molecule has 82 valence electrons. The SMILES string of the molecule is Fc1cnc(Cl)nc1N1CCC(F)CC1. The maximum Gasteiger partial charge on any atom is 0.224 e. The molecular formula is C9H10ClF2N3. The van der Waals surface area contributed by atoms with Crippen molar-refractivity contribution in [2.24, 2.45) is 0 Å². The maximum atomic E-state index is 13.3. The van der Waals surface area contributed by atoms with Crippen LogP contribution in [-0.4, -0.2) is 29.2 Å². The minimum atomic E-state index is -0.790. The van der Waals surface area contributed by atoms with E-state index in [1.807, 2.05) is 0 Å². The highest BCUT2D eigenvalue weighted by Crippen LogP contribution is 2.22. The van der Waals surface area contributed by atoms with Crippen LogP contribution in [0.5, 0.6) is 0 Å². The Balaban J connectivity index is 2.18. The molecule has 0 N–H and O–H groups in total. The summed E-state index contributed by atoms with van der Waals surface area (Å²) in [4.78, 5) is 9.03. The molecule has 0 amide bonds. The van der Waals surface area contributed by atoms with Gasteiger partial charge in [-0.25, -0.2) is 13.8 Å². The highest BCUT2D eigenvalue weighted by molar-refractivity contribution is 6.28. The quantitative estimate of drug-likeness (QED) is 0.697. The summed E-state index contributed by atoms with van der Waals surface area (Å²) in [5, 5.41) is 0.00812. The van der Waals surface area contributed by atoms with Crippen molar-refractivity contribution in [1.29, 1.82) is 0 Å². The van der Waals surface area contributed by atoms with Crippen molar-refractivity contribution >= 4 is 17.4 Å². The second kappa shape index (κ2) is 4.26. The fraction of sp³-hybridized carbons (Fsp3) is 0.556. The van der Waals surface area contributed by atoms with E-state index < -0.39 is 12.0 Å². The third-order valence-corrected chi connectivity index (χ3v) is 2.60. The zero-order valence-electron chi connectivity index (χ0n) is 7.96. The fourth-order valence-electron chi connectivity index (χ4n) is 1.62. The molecule has 15 heavy (non-hydrogen) atoms. The van der Waals surface area contributed by atoms with E-state index in [1.165, 1.54) is 0 Å². The normalized spacial score (nSPS) is 18.2. The zero-order valence-corrected chi connectivity index (χ0v) is 8.71. The van der Waals surface area contributed by atoms with E-state index in [0.717, 1.165) is 6.20 Å². The Kier molecular flexibility index (Phi) is 3.00. The molecule has 0 radical (unpaired) electrons. The molecule has 0 spiro atoms. The van der Waals surface area contributed by atoms with Gasteiger partial charge in [-0.3, -0.25) is 0 Å². The molecule has 1 aromatic heterocycles. The molecular weight excluding hydrogens is 224 g/mol. The molecule has 1 aliphatic heterocycles. The van der Waals surface area contributed by atoms with Gasteiger partial charge in [-0.15, -0.1) is 0 Å². The summed E-state index contributed by atoms with van der Waals surface area (Å²) in [6.45, 7) is 0.927. The summed E-state index contributed by atoms with van der Waals surface area (Å²) in [5.74, 6) is -0.349. The van der Waals surface area contributed by atoms with Crippen molar-refractivity contribution in [2.45, 2.75) is 19.0 Å².